The Labute approximate surface area is 523 Å². The molecule has 2 unspecified atom stereocenters. The molecule has 0 bridgehead atoms. The number of rotatable bonds is 0. The maximum absolute atomic E-state index is 11.1. The van der Waals surface area contributed by atoms with Crippen molar-refractivity contribution in [3.05, 3.63) is 146 Å². The van der Waals surface area contributed by atoms with Crippen molar-refractivity contribution >= 4 is 56.5 Å². The number of aromatic nitrogens is 11. The lowest BCUT2D eigenvalue weighted by Crippen LogP contribution is -2.37. The van der Waals surface area contributed by atoms with Crippen LogP contribution in [-0.2, 0) is 58.9 Å². The molecule has 0 spiro atoms. The number of nitrogens with zero attached hydrogens (tertiary/aromatic N) is 18. The lowest BCUT2D eigenvalue weighted by atomic mass is 9.99. The molecule has 9 heterocycles. The van der Waals surface area contributed by atoms with Crippen molar-refractivity contribution in [1.29, 1.82) is 0 Å². The molecule has 476 valence electrons. The minimum atomic E-state index is -0.282. The maximum Gasteiger partial charge on any atom is 0.330 e. The van der Waals surface area contributed by atoms with Crippen molar-refractivity contribution in [2.75, 3.05) is 42.3 Å². The average molecular weight is 1250 g/mol. The number of aliphatic imine (C=N–C) groups is 1. The number of hydrazone groups is 1. The van der Waals surface area contributed by atoms with Gasteiger partial charge in [0.25, 0.3) is 11.5 Å². The van der Waals surface area contributed by atoms with Crippen LogP contribution in [-0.4, -0.2) is 131 Å². The molecule has 3 aliphatic rings. The normalized spacial score (nSPS) is 15.9. The van der Waals surface area contributed by atoms with Crippen molar-refractivity contribution in [3.8, 4) is 0 Å². The van der Waals surface area contributed by atoms with Gasteiger partial charge in [-0.2, -0.15) is 19.7 Å². The number of allylic oxidation sites excluding steroid dienone is 1. The number of amides is 1. The van der Waals surface area contributed by atoms with E-state index in [1.54, 1.807) is 56.4 Å². The summed E-state index contributed by atoms with van der Waals surface area (Å²) in [7, 11) is 24.0. The summed E-state index contributed by atoms with van der Waals surface area (Å²) in [5.74, 6) is 4.58. The van der Waals surface area contributed by atoms with Gasteiger partial charge in [0.1, 0.15) is 23.3 Å². The van der Waals surface area contributed by atoms with Crippen molar-refractivity contribution in [2.45, 2.75) is 125 Å². The Morgan fingerprint density at radius 3 is 1.22 bits per heavy atom. The second-order valence-corrected chi connectivity index (χ2v) is 24.1. The van der Waals surface area contributed by atoms with Crippen LogP contribution in [0, 0.1) is 102 Å². The fourth-order valence-electron chi connectivity index (χ4n) is 7.60. The van der Waals surface area contributed by atoms with Crippen molar-refractivity contribution in [1.82, 2.24) is 66.6 Å². The molecule has 1 fully saturated rings. The summed E-state index contributed by atoms with van der Waals surface area (Å²) >= 11 is 4.45. The highest BCUT2D eigenvalue weighted by Crippen LogP contribution is 2.33. The molecule has 25 heteroatoms. The van der Waals surface area contributed by atoms with Crippen LogP contribution in [0.25, 0.3) is 0 Å². The van der Waals surface area contributed by atoms with Crippen LogP contribution in [0.1, 0.15) is 108 Å². The van der Waals surface area contributed by atoms with Gasteiger partial charge in [-0.15, -0.1) is 11.3 Å². The van der Waals surface area contributed by atoms with Gasteiger partial charge in [0.15, 0.2) is 9.92 Å². The molecule has 0 aromatic carbocycles. The molecular formula is C61H100N18O4S3. The van der Waals surface area contributed by atoms with Gasteiger partial charge in [0.05, 0.1) is 22.1 Å². The van der Waals surface area contributed by atoms with Crippen molar-refractivity contribution in [2.24, 2.45) is 81.2 Å². The summed E-state index contributed by atoms with van der Waals surface area (Å²) in [5.41, 5.74) is 13.9. The van der Waals surface area contributed by atoms with Crippen LogP contribution < -0.4 is 20.9 Å². The zero-order valence-corrected chi connectivity index (χ0v) is 60.0. The van der Waals surface area contributed by atoms with Gasteiger partial charge in [0.2, 0.25) is 4.80 Å². The third kappa shape index (κ3) is 20.2. The third-order valence-corrected chi connectivity index (χ3v) is 19.4. The van der Waals surface area contributed by atoms with E-state index in [-0.39, 0.29) is 28.2 Å². The minimum absolute atomic E-state index is 0.0718. The first-order valence-corrected chi connectivity index (χ1v) is 30.3. The summed E-state index contributed by atoms with van der Waals surface area (Å²) in [6.07, 6.45) is 0. The molecule has 0 radical (unpaired) electrons. The number of hydrogen-bond acceptors (Lipinski definition) is 17. The fraction of sp³-hybridized carbons (Fsp3) is 0.541. The van der Waals surface area contributed by atoms with Crippen LogP contribution in [0.15, 0.2) is 71.6 Å². The first-order valence-electron chi connectivity index (χ1n) is 27.8. The molecule has 1 saturated heterocycles. The molecule has 22 nitrogen and oxygen atoms in total. The van der Waals surface area contributed by atoms with Gasteiger partial charge >= 0.3 is 5.69 Å². The molecule has 2 atom stereocenters. The Kier molecular flexibility index (Phi) is 30.5. The molecule has 86 heavy (non-hydrogen) atoms. The molecule has 0 saturated carbocycles. The Hall–Kier alpha value is -7.25. The summed E-state index contributed by atoms with van der Waals surface area (Å²) < 4.78 is 16.6. The molecule has 0 aliphatic carbocycles. The predicted octanol–water partition coefficient (Wildman–Crippen LogP) is 8.52. The van der Waals surface area contributed by atoms with E-state index in [9.17, 15) is 19.2 Å². The standard InChI is InChI=1S/C8H11NO.C7H10N2O2.C7H12N2S.3C7H12N2.C7H11NOS.C6H11N3.C5H9N3S/c1-5-6(2)8(10)9(4)7(5)3;1-5-4-6(10)9(3)7(11)8(5)2;1-5-6(2)10-7(8-3)9(5)4;1-5-6(2)9(4)7(3)8-5;2*1-5-6(2)8-9(4)7(5)3;1-4-5(2)7(9)10-6(4)8-3;1-5-7-9(4)6(2)8(5)3;1-4-7-9-5(6-2)8(4)3/h3H2,1-2,4H3;4H,1-3H3;1-4H3;3*1-4H3;4-5H,1-3H3;2H2,1,3-4H3;1-3H3. The molecule has 6 aromatic heterocycles. The highest BCUT2D eigenvalue weighted by Gasteiger charge is 2.34. The van der Waals surface area contributed by atoms with E-state index < -0.39 is 0 Å². The van der Waals surface area contributed by atoms with Gasteiger partial charge in [0, 0.05) is 166 Å². The van der Waals surface area contributed by atoms with E-state index >= 15 is 0 Å². The lowest BCUT2D eigenvalue weighted by molar-refractivity contribution is -0.123. The number of aryl methyl sites for hydroxylation is 9. The second-order valence-electron chi connectivity index (χ2n) is 21.1. The van der Waals surface area contributed by atoms with E-state index in [1.165, 1.54) is 79.8 Å². The monoisotopic (exact) mass is 1240 g/mol. The SMILES string of the molecule is C=C1C(C)=C(C)C(=O)N1C.C=C1N(C)N=C(C)N1C.CN=C1SC(=O)C(C)C1C.CN=c1sc(C)c(C)n1C.CN=c1snc(C)n1C.Cc1cc(=O)n(C)c(=O)n1C.Cc1nc(C)n(C)c1C.Cc1nn(C)c(C)c1C.Cc1nn(C)c(C)c1C. The fourth-order valence-corrected chi connectivity index (χ4v) is 10.3. The molecule has 3 aliphatic heterocycles. The topological polar surface area (TPSA) is 214 Å². The highest BCUT2D eigenvalue weighted by molar-refractivity contribution is 8.27. The first kappa shape index (κ1) is 76.8. The van der Waals surface area contributed by atoms with Gasteiger partial charge in [-0.25, -0.2) is 9.78 Å². The smallest absolute Gasteiger partial charge is 0.330 e. The predicted molar refractivity (Wildman–Crippen MR) is 358 cm³/mol. The zero-order valence-electron chi connectivity index (χ0n) is 57.6. The van der Waals surface area contributed by atoms with E-state index in [4.69, 9.17) is 0 Å². The summed E-state index contributed by atoms with van der Waals surface area (Å²) in [4.78, 5) is 67.6. The van der Waals surface area contributed by atoms with Crippen LogP contribution in [0.3, 0.4) is 0 Å². The first-order chi connectivity index (χ1) is 39.7. The lowest BCUT2D eigenvalue weighted by Gasteiger charge is -2.13. The number of likely N-dealkylation sites (N-methyl/N-ethyl adjacent to an activating group) is 1. The molecule has 6 aromatic rings. The summed E-state index contributed by atoms with van der Waals surface area (Å²) in [6, 6.07) is 1.43. The number of hydrogen-bond donors (Lipinski definition) is 0. The largest absolute Gasteiger partial charge is 0.335 e. The Bertz CT molecular complexity index is 3520. The minimum Gasteiger partial charge on any atom is -0.335 e. The third-order valence-electron chi connectivity index (χ3n) is 15.8. The van der Waals surface area contributed by atoms with Gasteiger partial charge in [-0.05, 0) is 139 Å². The highest BCUT2D eigenvalue weighted by atomic mass is 32.2. The zero-order chi connectivity index (χ0) is 66.8. The second kappa shape index (κ2) is 34.2. The summed E-state index contributed by atoms with van der Waals surface area (Å²) in [6.45, 7) is 43.7. The van der Waals surface area contributed by atoms with Crippen LogP contribution in [0.4, 0.5) is 0 Å². The van der Waals surface area contributed by atoms with Gasteiger partial charge < -0.3 is 28.1 Å². The number of thioether (sulfide) groups is 1. The van der Waals surface area contributed by atoms with E-state index in [2.05, 4.69) is 110 Å². The van der Waals surface area contributed by atoms with Crippen molar-refractivity contribution < 1.29 is 9.59 Å². The number of imidazole rings is 1. The average Bonchev–Trinajstić information content (AvgIpc) is 3.18. The molecule has 1 amide bonds. The maximum atomic E-state index is 11.1. The Morgan fingerprint density at radius 2 is 1.03 bits per heavy atom. The number of carbonyl (C=O) groups excluding carboxylic acids is 2. The Morgan fingerprint density at radius 1 is 0.535 bits per heavy atom. The molecule has 9 rings (SSSR count). The quantitative estimate of drug-likeness (QED) is 0.141. The van der Waals surface area contributed by atoms with Gasteiger partial charge in [-0.3, -0.25) is 48.3 Å². The number of thiazole rings is 1. The van der Waals surface area contributed by atoms with Crippen LogP contribution in [0.2, 0.25) is 0 Å². The van der Waals surface area contributed by atoms with E-state index in [0.29, 0.717) is 11.6 Å². The summed E-state index contributed by atoms with van der Waals surface area (Å²) in [5, 5.41) is 15.6. The van der Waals surface area contributed by atoms with Crippen LogP contribution >= 0.6 is 34.6 Å². The number of carbonyl (C=O) groups is 2. The Balaban J connectivity index is 0.000000484. The van der Waals surface area contributed by atoms with E-state index in [1.807, 2.05) is 144 Å². The molecule has 0 N–H and O–H groups in total. The van der Waals surface area contributed by atoms with E-state index in [0.717, 1.165) is 76.4 Å². The van der Waals surface area contributed by atoms with Gasteiger partial charge in [-0.1, -0.05) is 27.0 Å². The molecular weight excluding hydrogens is 1140 g/mol. The van der Waals surface area contributed by atoms with Crippen molar-refractivity contribution in [3.63, 3.8) is 0 Å². The van der Waals surface area contributed by atoms with Crippen LogP contribution in [0.5, 0.6) is 0 Å². The number of amidine groups is 1.